The van der Waals surface area contributed by atoms with Gasteiger partial charge in [-0.3, -0.25) is 0 Å². The molecule has 18 heavy (non-hydrogen) atoms. The largest absolute Gasteiger partial charge is 0.497 e. The second-order valence-electron chi connectivity index (χ2n) is 4.31. The second-order valence-corrected chi connectivity index (χ2v) is 4.31. The van der Waals surface area contributed by atoms with Crippen LogP contribution < -0.4 is 10.5 Å². The van der Waals surface area contributed by atoms with Gasteiger partial charge in [0.2, 0.25) is 0 Å². The molecule has 0 fully saturated rings. The third-order valence-corrected chi connectivity index (χ3v) is 2.77. The molecular weight excluding hydrogens is 228 g/mol. The molecule has 0 aliphatic rings. The number of benzene rings is 1. The van der Waals surface area contributed by atoms with Crippen molar-refractivity contribution in [3.63, 3.8) is 0 Å². The van der Waals surface area contributed by atoms with Crippen molar-refractivity contribution in [2.45, 2.75) is 26.4 Å². The number of aromatic nitrogens is 3. The zero-order chi connectivity index (χ0) is 13.1. The Morgan fingerprint density at radius 1 is 1.33 bits per heavy atom. The molecule has 1 atom stereocenters. The monoisotopic (exact) mass is 246 g/mol. The molecule has 0 saturated heterocycles. The number of nitrogens with two attached hydrogens (primary N) is 1. The van der Waals surface area contributed by atoms with Crippen molar-refractivity contribution in [2.24, 2.45) is 5.73 Å². The summed E-state index contributed by atoms with van der Waals surface area (Å²) < 4.78 is 6.99. The molecule has 2 N–H and O–H groups in total. The van der Waals surface area contributed by atoms with Gasteiger partial charge in [0.25, 0.3) is 0 Å². The molecule has 5 nitrogen and oxygen atoms in total. The minimum absolute atomic E-state index is 0.138. The van der Waals surface area contributed by atoms with E-state index in [-0.39, 0.29) is 6.04 Å². The van der Waals surface area contributed by atoms with E-state index in [4.69, 9.17) is 10.5 Å². The highest BCUT2D eigenvalue weighted by molar-refractivity contribution is 5.27. The standard InChI is InChI=1S/C13H18N4O/c1-9(14)13-15-10(2)17(16-13)8-11-4-6-12(18-3)7-5-11/h4-7,9H,8,14H2,1-3H3/t9-/m1/s1. The highest BCUT2D eigenvalue weighted by Gasteiger charge is 2.09. The van der Waals surface area contributed by atoms with Gasteiger partial charge in [0.15, 0.2) is 5.82 Å². The van der Waals surface area contributed by atoms with Crippen molar-refractivity contribution in [2.75, 3.05) is 7.11 Å². The average molecular weight is 246 g/mol. The first-order valence-corrected chi connectivity index (χ1v) is 5.90. The summed E-state index contributed by atoms with van der Waals surface area (Å²) in [5.74, 6) is 2.41. The SMILES string of the molecule is COc1ccc(Cn2nc([C@@H](C)N)nc2C)cc1. The topological polar surface area (TPSA) is 66.0 Å². The van der Waals surface area contributed by atoms with E-state index < -0.39 is 0 Å². The van der Waals surface area contributed by atoms with Crippen molar-refractivity contribution in [3.05, 3.63) is 41.5 Å². The first kappa shape index (κ1) is 12.6. The van der Waals surface area contributed by atoms with Gasteiger partial charge >= 0.3 is 0 Å². The van der Waals surface area contributed by atoms with Crippen LogP contribution in [-0.2, 0) is 6.54 Å². The molecule has 96 valence electrons. The van der Waals surface area contributed by atoms with E-state index in [1.165, 1.54) is 0 Å². The minimum Gasteiger partial charge on any atom is -0.497 e. The first-order chi connectivity index (χ1) is 8.60. The smallest absolute Gasteiger partial charge is 0.167 e. The molecule has 2 rings (SSSR count). The zero-order valence-corrected chi connectivity index (χ0v) is 10.9. The van der Waals surface area contributed by atoms with Crippen LogP contribution in [0.5, 0.6) is 5.75 Å². The highest BCUT2D eigenvalue weighted by Crippen LogP contribution is 2.13. The average Bonchev–Trinajstić information content (AvgIpc) is 2.72. The van der Waals surface area contributed by atoms with E-state index in [2.05, 4.69) is 10.1 Å². The van der Waals surface area contributed by atoms with Gasteiger partial charge in [0, 0.05) is 0 Å². The van der Waals surface area contributed by atoms with Crippen molar-refractivity contribution in [3.8, 4) is 5.75 Å². The molecule has 0 unspecified atom stereocenters. The van der Waals surface area contributed by atoms with Crippen LogP contribution in [-0.4, -0.2) is 21.9 Å². The summed E-state index contributed by atoms with van der Waals surface area (Å²) in [5, 5.41) is 4.40. The normalized spacial score (nSPS) is 12.4. The maximum absolute atomic E-state index is 5.77. The number of rotatable bonds is 4. The summed E-state index contributed by atoms with van der Waals surface area (Å²) in [6.45, 7) is 4.50. The molecule has 0 aliphatic heterocycles. The Balaban J connectivity index is 2.17. The third kappa shape index (κ3) is 2.68. The van der Waals surface area contributed by atoms with Crippen LogP contribution >= 0.6 is 0 Å². The predicted octanol–water partition coefficient (Wildman–Crippen LogP) is 1.66. The number of ether oxygens (including phenoxy) is 1. The van der Waals surface area contributed by atoms with Crippen LogP contribution in [0.15, 0.2) is 24.3 Å². The van der Waals surface area contributed by atoms with Gasteiger partial charge in [-0.1, -0.05) is 12.1 Å². The van der Waals surface area contributed by atoms with Crippen molar-refractivity contribution in [1.29, 1.82) is 0 Å². The second kappa shape index (κ2) is 5.18. The van der Waals surface area contributed by atoms with Crippen LogP contribution in [0, 0.1) is 6.92 Å². The number of methoxy groups -OCH3 is 1. The maximum Gasteiger partial charge on any atom is 0.167 e. The van der Waals surface area contributed by atoms with Crippen LogP contribution in [0.4, 0.5) is 0 Å². The Kier molecular flexibility index (Phi) is 3.62. The zero-order valence-electron chi connectivity index (χ0n) is 10.9. The summed E-state index contributed by atoms with van der Waals surface area (Å²) in [6.07, 6.45) is 0. The predicted molar refractivity (Wildman–Crippen MR) is 69.5 cm³/mol. The molecule has 0 radical (unpaired) electrons. The Morgan fingerprint density at radius 2 is 2.00 bits per heavy atom. The van der Waals surface area contributed by atoms with Crippen LogP contribution in [0.3, 0.4) is 0 Å². The molecular formula is C13H18N4O. The van der Waals surface area contributed by atoms with Crippen LogP contribution in [0.25, 0.3) is 0 Å². The van der Waals surface area contributed by atoms with Crippen molar-refractivity contribution < 1.29 is 4.74 Å². The van der Waals surface area contributed by atoms with Crippen molar-refractivity contribution in [1.82, 2.24) is 14.8 Å². The summed E-state index contributed by atoms with van der Waals surface area (Å²) in [6, 6.07) is 7.78. The highest BCUT2D eigenvalue weighted by atomic mass is 16.5. The Bertz CT molecular complexity index is 516. The fourth-order valence-electron chi connectivity index (χ4n) is 1.69. The molecule has 0 saturated carbocycles. The summed E-state index contributed by atoms with van der Waals surface area (Å²) >= 11 is 0. The van der Waals surface area contributed by atoms with Crippen LogP contribution in [0.2, 0.25) is 0 Å². The number of nitrogens with zero attached hydrogens (tertiary/aromatic N) is 3. The lowest BCUT2D eigenvalue weighted by atomic mass is 10.2. The van der Waals surface area contributed by atoms with Gasteiger partial charge in [0.1, 0.15) is 11.6 Å². The molecule has 0 bridgehead atoms. The molecule has 2 aromatic rings. The summed E-state index contributed by atoms with van der Waals surface area (Å²) in [4.78, 5) is 4.34. The molecule has 1 heterocycles. The molecule has 5 heteroatoms. The molecule has 0 spiro atoms. The van der Waals surface area contributed by atoms with E-state index in [0.717, 1.165) is 17.1 Å². The molecule has 1 aromatic carbocycles. The van der Waals surface area contributed by atoms with Gasteiger partial charge in [-0.25, -0.2) is 9.67 Å². The van der Waals surface area contributed by atoms with Gasteiger partial charge in [0.05, 0.1) is 19.7 Å². The van der Waals surface area contributed by atoms with Gasteiger partial charge in [-0.2, -0.15) is 5.10 Å². The van der Waals surface area contributed by atoms with E-state index in [0.29, 0.717) is 12.4 Å². The number of hydrogen-bond donors (Lipinski definition) is 1. The fraction of sp³-hybridized carbons (Fsp3) is 0.385. The first-order valence-electron chi connectivity index (χ1n) is 5.90. The Hall–Kier alpha value is -1.88. The third-order valence-electron chi connectivity index (χ3n) is 2.77. The van der Waals surface area contributed by atoms with E-state index >= 15 is 0 Å². The maximum atomic E-state index is 5.77. The molecule has 1 aromatic heterocycles. The lowest BCUT2D eigenvalue weighted by Gasteiger charge is -2.05. The fourth-order valence-corrected chi connectivity index (χ4v) is 1.69. The lowest BCUT2D eigenvalue weighted by Crippen LogP contribution is -2.09. The number of aryl methyl sites for hydroxylation is 1. The van der Waals surface area contributed by atoms with E-state index in [9.17, 15) is 0 Å². The minimum atomic E-state index is -0.138. The molecule has 0 aliphatic carbocycles. The Morgan fingerprint density at radius 3 is 2.50 bits per heavy atom. The summed E-state index contributed by atoms with van der Waals surface area (Å²) in [5.41, 5.74) is 6.93. The van der Waals surface area contributed by atoms with E-state index in [1.54, 1.807) is 7.11 Å². The van der Waals surface area contributed by atoms with Gasteiger partial charge in [-0.15, -0.1) is 0 Å². The van der Waals surface area contributed by atoms with E-state index in [1.807, 2.05) is 42.8 Å². The quantitative estimate of drug-likeness (QED) is 0.891. The van der Waals surface area contributed by atoms with Crippen molar-refractivity contribution >= 4 is 0 Å². The Labute approximate surface area is 107 Å². The lowest BCUT2D eigenvalue weighted by molar-refractivity contribution is 0.414. The van der Waals surface area contributed by atoms with Gasteiger partial charge < -0.3 is 10.5 Å². The summed E-state index contributed by atoms with van der Waals surface area (Å²) in [7, 11) is 1.66. The van der Waals surface area contributed by atoms with Crippen LogP contribution in [0.1, 0.15) is 30.2 Å². The van der Waals surface area contributed by atoms with Gasteiger partial charge in [-0.05, 0) is 31.5 Å². The molecule has 0 amide bonds. The number of hydrogen-bond acceptors (Lipinski definition) is 4.